The molecule has 0 unspecified atom stereocenters. The maximum Gasteiger partial charge on any atom is 0.151 e. The number of aldehydes is 1. The van der Waals surface area contributed by atoms with Gasteiger partial charge in [0.25, 0.3) is 0 Å². The van der Waals surface area contributed by atoms with E-state index in [-0.39, 0.29) is 0 Å². The molecule has 0 spiro atoms. The van der Waals surface area contributed by atoms with Crippen molar-refractivity contribution in [3.8, 4) is 17.5 Å². The fourth-order valence-corrected chi connectivity index (χ4v) is 2.14. The Morgan fingerprint density at radius 3 is 1.79 bits per heavy atom. The van der Waals surface area contributed by atoms with Crippen LogP contribution in [0.3, 0.4) is 0 Å². The van der Waals surface area contributed by atoms with Crippen LogP contribution in [0.5, 0.6) is 0 Å². The maximum absolute atomic E-state index is 10.6. The van der Waals surface area contributed by atoms with Crippen LogP contribution in [0.1, 0.15) is 27.0 Å². The number of rotatable bonds is 4. The number of benzene rings is 1. The van der Waals surface area contributed by atoms with Gasteiger partial charge in [0.15, 0.2) is 6.29 Å². The summed E-state index contributed by atoms with van der Waals surface area (Å²) in [5.41, 5.74) is 4.65. The molecule has 24 heavy (non-hydrogen) atoms. The number of hydrogen-bond acceptors (Lipinski definition) is 4. The molecule has 0 aliphatic heterocycles. The van der Waals surface area contributed by atoms with Crippen LogP contribution >= 0.6 is 0 Å². The van der Waals surface area contributed by atoms with Crippen molar-refractivity contribution in [3.05, 3.63) is 83.2 Å². The van der Waals surface area contributed by atoms with Crippen LogP contribution < -0.4 is 0 Å². The summed E-state index contributed by atoms with van der Waals surface area (Å²) in [5.74, 6) is 0. The zero-order valence-electron chi connectivity index (χ0n) is 12.8. The van der Waals surface area contributed by atoms with Gasteiger partial charge in [-0.2, -0.15) is 5.26 Å². The largest absolute Gasteiger partial charge is 0.298 e. The molecule has 0 saturated heterocycles. The Kier molecular flexibility index (Phi) is 4.55. The molecule has 2 aromatic heterocycles. The number of nitriles is 1. The van der Waals surface area contributed by atoms with Gasteiger partial charge in [0, 0.05) is 18.0 Å². The van der Waals surface area contributed by atoms with Gasteiger partial charge >= 0.3 is 0 Å². The van der Waals surface area contributed by atoms with E-state index in [0.717, 1.165) is 28.8 Å². The van der Waals surface area contributed by atoms with Gasteiger partial charge < -0.3 is 0 Å². The van der Waals surface area contributed by atoms with E-state index in [2.05, 4.69) is 16.0 Å². The van der Waals surface area contributed by atoms with Crippen LogP contribution in [0, 0.1) is 11.3 Å². The van der Waals surface area contributed by atoms with Crippen LogP contribution in [-0.2, 0) is 0 Å². The average molecular weight is 311 g/mol. The zero-order chi connectivity index (χ0) is 16.8. The molecular weight excluding hydrogens is 298 g/mol. The monoisotopic (exact) mass is 311 g/mol. The lowest BCUT2D eigenvalue weighted by atomic mass is 10.1. The average Bonchev–Trinajstić information content (AvgIpc) is 2.67. The third kappa shape index (κ3) is 3.60. The van der Waals surface area contributed by atoms with Gasteiger partial charge in [-0.15, -0.1) is 0 Å². The summed E-state index contributed by atoms with van der Waals surface area (Å²) in [6, 6.07) is 16.8. The van der Waals surface area contributed by atoms with E-state index >= 15 is 0 Å². The molecule has 0 N–H and O–H groups in total. The first kappa shape index (κ1) is 15.3. The second kappa shape index (κ2) is 7.12. The standard InChI is InChI=1S/C20H13N3O/c21-11-16-4-1-15(2-5-16)3-6-17-7-9-19(22-12-17)20-10-8-18(14-24)13-23-20/h1-10,12-14H/b6-3+. The lowest BCUT2D eigenvalue weighted by Crippen LogP contribution is -1.89. The topological polar surface area (TPSA) is 66.6 Å². The van der Waals surface area contributed by atoms with Crippen LogP contribution in [-0.4, -0.2) is 16.3 Å². The Morgan fingerprint density at radius 2 is 1.29 bits per heavy atom. The molecule has 4 nitrogen and oxygen atoms in total. The van der Waals surface area contributed by atoms with Crippen molar-refractivity contribution >= 4 is 18.4 Å². The van der Waals surface area contributed by atoms with E-state index in [4.69, 9.17) is 5.26 Å². The Labute approximate surface area is 139 Å². The van der Waals surface area contributed by atoms with Gasteiger partial charge in [-0.3, -0.25) is 14.8 Å². The number of pyridine rings is 2. The molecular formula is C20H13N3O. The van der Waals surface area contributed by atoms with Crippen molar-refractivity contribution in [2.75, 3.05) is 0 Å². The van der Waals surface area contributed by atoms with E-state index in [9.17, 15) is 4.79 Å². The third-order valence-electron chi connectivity index (χ3n) is 3.48. The highest BCUT2D eigenvalue weighted by atomic mass is 16.1. The van der Waals surface area contributed by atoms with Crippen molar-refractivity contribution in [2.24, 2.45) is 0 Å². The summed E-state index contributed by atoms with van der Waals surface area (Å²) < 4.78 is 0. The Morgan fingerprint density at radius 1 is 0.750 bits per heavy atom. The van der Waals surface area contributed by atoms with Crippen LogP contribution in [0.4, 0.5) is 0 Å². The molecule has 0 saturated carbocycles. The van der Waals surface area contributed by atoms with Crippen molar-refractivity contribution in [1.29, 1.82) is 5.26 Å². The molecule has 0 amide bonds. The molecule has 114 valence electrons. The molecule has 2 heterocycles. The minimum atomic E-state index is 0.542. The summed E-state index contributed by atoms with van der Waals surface area (Å²) in [6.07, 6.45) is 7.99. The highest BCUT2D eigenvalue weighted by molar-refractivity contribution is 5.75. The number of carbonyl (C=O) groups excluding carboxylic acids is 1. The van der Waals surface area contributed by atoms with E-state index in [1.807, 2.05) is 36.4 Å². The highest BCUT2D eigenvalue weighted by Crippen LogP contribution is 2.16. The number of nitrogens with zero attached hydrogens (tertiary/aromatic N) is 3. The second-order valence-corrected chi connectivity index (χ2v) is 5.14. The Bertz CT molecular complexity index is 903. The molecule has 0 radical (unpaired) electrons. The molecule has 0 bridgehead atoms. The van der Waals surface area contributed by atoms with Crippen molar-refractivity contribution in [1.82, 2.24) is 9.97 Å². The van der Waals surface area contributed by atoms with Gasteiger partial charge in [0.2, 0.25) is 0 Å². The summed E-state index contributed by atoms with van der Waals surface area (Å²) in [5, 5.41) is 8.79. The van der Waals surface area contributed by atoms with Gasteiger partial charge in [-0.05, 0) is 41.5 Å². The molecule has 0 fully saturated rings. The fourth-order valence-electron chi connectivity index (χ4n) is 2.14. The molecule has 0 atom stereocenters. The first-order chi connectivity index (χ1) is 11.8. The molecule has 4 heteroatoms. The number of aromatic nitrogens is 2. The van der Waals surface area contributed by atoms with Gasteiger partial charge in [0.1, 0.15) is 0 Å². The van der Waals surface area contributed by atoms with E-state index in [1.165, 1.54) is 6.20 Å². The molecule has 1 aromatic carbocycles. The second-order valence-electron chi connectivity index (χ2n) is 5.14. The van der Waals surface area contributed by atoms with Crippen molar-refractivity contribution < 1.29 is 4.79 Å². The minimum Gasteiger partial charge on any atom is -0.298 e. The van der Waals surface area contributed by atoms with Crippen molar-refractivity contribution in [2.45, 2.75) is 0 Å². The summed E-state index contributed by atoms with van der Waals surface area (Å²) in [6.45, 7) is 0. The molecule has 3 aromatic rings. The molecule has 0 aliphatic carbocycles. The number of carbonyl (C=O) groups is 1. The molecule has 0 aliphatic rings. The lowest BCUT2D eigenvalue weighted by Gasteiger charge is -2.01. The fraction of sp³-hybridized carbons (Fsp3) is 0. The quantitative estimate of drug-likeness (QED) is 0.683. The van der Waals surface area contributed by atoms with Crippen LogP contribution in [0.25, 0.3) is 23.5 Å². The van der Waals surface area contributed by atoms with Crippen LogP contribution in [0.15, 0.2) is 60.9 Å². The number of hydrogen-bond donors (Lipinski definition) is 0. The predicted molar refractivity (Wildman–Crippen MR) is 92.9 cm³/mol. The SMILES string of the molecule is N#Cc1ccc(/C=C/c2ccc(-c3ccc(C=O)cn3)nc2)cc1. The van der Waals surface area contributed by atoms with E-state index in [1.54, 1.807) is 30.5 Å². The van der Waals surface area contributed by atoms with Crippen molar-refractivity contribution in [3.63, 3.8) is 0 Å². The van der Waals surface area contributed by atoms with E-state index < -0.39 is 0 Å². The third-order valence-corrected chi connectivity index (χ3v) is 3.48. The van der Waals surface area contributed by atoms with Crippen LogP contribution in [0.2, 0.25) is 0 Å². The highest BCUT2D eigenvalue weighted by Gasteiger charge is 2.01. The first-order valence-corrected chi connectivity index (χ1v) is 7.34. The van der Waals surface area contributed by atoms with E-state index in [0.29, 0.717) is 11.1 Å². The van der Waals surface area contributed by atoms with Gasteiger partial charge in [-0.1, -0.05) is 30.4 Å². The zero-order valence-corrected chi connectivity index (χ0v) is 12.8. The maximum atomic E-state index is 10.6. The summed E-state index contributed by atoms with van der Waals surface area (Å²) in [7, 11) is 0. The smallest absolute Gasteiger partial charge is 0.151 e. The lowest BCUT2D eigenvalue weighted by molar-refractivity contribution is 0.112. The summed E-state index contributed by atoms with van der Waals surface area (Å²) >= 11 is 0. The van der Waals surface area contributed by atoms with Gasteiger partial charge in [0.05, 0.1) is 23.0 Å². The first-order valence-electron chi connectivity index (χ1n) is 7.34. The minimum absolute atomic E-state index is 0.542. The molecule has 3 rings (SSSR count). The Balaban J connectivity index is 1.74. The Hall–Kier alpha value is -3.58. The normalized spacial score (nSPS) is 10.5. The summed E-state index contributed by atoms with van der Waals surface area (Å²) in [4.78, 5) is 19.3. The van der Waals surface area contributed by atoms with Gasteiger partial charge in [-0.25, -0.2) is 0 Å². The predicted octanol–water partition coefficient (Wildman–Crippen LogP) is 4.00.